The van der Waals surface area contributed by atoms with Gasteiger partial charge >= 0.3 is 0 Å². The van der Waals surface area contributed by atoms with Crippen LogP contribution in [-0.4, -0.2) is 11.7 Å². The Balaban J connectivity index is 3.39. The van der Waals surface area contributed by atoms with E-state index in [4.69, 9.17) is 5.11 Å². The summed E-state index contributed by atoms with van der Waals surface area (Å²) in [5.74, 6) is -6.81. The van der Waals surface area contributed by atoms with E-state index in [2.05, 4.69) is 0 Å². The van der Waals surface area contributed by atoms with Crippen LogP contribution in [0.5, 0.6) is 0 Å². The Bertz CT molecular complexity index is 325. The zero-order chi connectivity index (χ0) is 10.9. The van der Waals surface area contributed by atoms with E-state index in [1.54, 1.807) is 0 Å². The Morgan fingerprint density at radius 2 is 1.57 bits per heavy atom. The molecule has 0 aliphatic carbocycles. The molecule has 0 aromatic heterocycles. The zero-order valence-electron chi connectivity index (χ0n) is 7.32. The number of hydrogen-bond donors (Lipinski definition) is 1. The maximum absolute atomic E-state index is 13.0. The van der Waals surface area contributed by atoms with Crippen molar-refractivity contribution in [3.05, 3.63) is 34.9 Å². The number of rotatable bonds is 2. The lowest BCUT2D eigenvalue weighted by Crippen LogP contribution is -2.09. The molecule has 0 aliphatic rings. The summed E-state index contributed by atoms with van der Waals surface area (Å²) < 4.78 is 51.3. The minimum Gasteiger partial charge on any atom is -0.396 e. The first kappa shape index (κ1) is 11.0. The van der Waals surface area contributed by atoms with Crippen molar-refractivity contribution in [2.75, 3.05) is 6.61 Å². The molecule has 0 saturated carbocycles. The molecule has 0 heterocycles. The molecule has 1 unspecified atom stereocenters. The van der Waals surface area contributed by atoms with Gasteiger partial charge in [0.2, 0.25) is 0 Å². The molecule has 1 aromatic carbocycles. The van der Waals surface area contributed by atoms with Gasteiger partial charge < -0.3 is 5.11 Å². The molecule has 14 heavy (non-hydrogen) atoms. The van der Waals surface area contributed by atoms with Crippen molar-refractivity contribution < 1.29 is 22.7 Å². The van der Waals surface area contributed by atoms with Gasteiger partial charge in [-0.15, -0.1) is 0 Å². The summed E-state index contributed by atoms with van der Waals surface area (Å²) in [6.07, 6.45) is 0. The van der Waals surface area contributed by atoms with Crippen LogP contribution in [-0.2, 0) is 0 Å². The van der Waals surface area contributed by atoms with Gasteiger partial charge in [0.1, 0.15) is 0 Å². The highest BCUT2D eigenvalue weighted by Gasteiger charge is 2.22. The van der Waals surface area contributed by atoms with Gasteiger partial charge in [-0.2, -0.15) is 0 Å². The summed E-state index contributed by atoms with van der Waals surface area (Å²) in [5.41, 5.74) is -0.759. The van der Waals surface area contributed by atoms with Crippen molar-refractivity contribution in [3.8, 4) is 0 Å². The highest BCUT2D eigenvalue weighted by atomic mass is 19.2. The number of aliphatic hydroxyl groups excluding tert-OH is 1. The molecule has 1 N–H and O–H groups in total. The Hall–Kier alpha value is -1.10. The van der Waals surface area contributed by atoms with E-state index in [1.807, 2.05) is 0 Å². The molecule has 78 valence electrons. The largest absolute Gasteiger partial charge is 0.396 e. The summed E-state index contributed by atoms with van der Waals surface area (Å²) >= 11 is 0. The quantitative estimate of drug-likeness (QED) is 0.584. The van der Waals surface area contributed by atoms with Crippen LogP contribution in [0.1, 0.15) is 18.4 Å². The lowest BCUT2D eigenvalue weighted by Gasteiger charge is -2.11. The Labute approximate surface area is 78.0 Å². The fourth-order valence-electron chi connectivity index (χ4n) is 1.12. The molecule has 0 fully saturated rings. The maximum Gasteiger partial charge on any atom is 0.165 e. The molecular weight excluding hydrogens is 200 g/mol. The first-order valence-electron chi connectivity index (χ1n) is 3.92. The summed E-state index contributed by atoms with van der Waals surface area (Å²) in [6.45, 7) is 0.678. The van der Waals surface area contributed by atoms with Gasteiger partial charge in [0.15, 0.2) is 23.3 Å². The lowest BCUT2D eigenvalue weighted by molar-refractivity contribution is 0.265. The zero-order valence-corrected chi connectivity index (χ0v) is 7.32. The highest BCUT2D eigenvalue weighted by Crippen LogP contribution is 2.25. The van der Waals surface area contributed by atoms with E-state index in [1.165, 1.54) is 6.92 Å². The van der Waals surface area contributed by atoms with E-state index in [9.17, 15) is 17.6 Å². The highest BCUT2D eigenvalue weighted by molar-refractivity contribution is 5.25. The molecule has 5 heteroatoms. The number of aliphatic hydroxyl groups is 1. The Morgan fingerprint density at radius 1 is 1.14 bits per heavy atom. The van der Waals surface area contributed by atoms with E-state index in [0.29, 0.717) is 0 Å². The fourth-order valence-corrected chi connectivity index (χ4v) is 1.12. The summed E-state index contributed by atoms with van der Waals surface area (Å²) in [6, 6.07) is 0.137. The normalized spacial score (nSPS) is 13.0. The smallest absolute Gasteiger partial charge is 0.165 e. The Kier molecular flexibility index (Phi) is 3.10. The monoisotopic (exact) mass is 208 g/mol. The van der Waals surface area contributed by atoms with Gasteiger partial charge in [-0.1, -0.05) is 6.92 Å². The molecule has 1 aromatic rings. The van der Waals surface area contributed by atoms with Crippen LogP contribution in [0.3, 0.4) is 0 Å². The summed E-state index contributed by atoms with van der Waals surface area (Å²) in [5, 5.41) is 8.64. The van der Waals surface area contributed by atoms with Gasteiger partial charge in [0.05, 0.1) is 0 Å². The molecule has 0 amide bonds. The van der Waals surface area contributed by atoms with Gasteiger partial charge in [0, 0.05) is 24.2 Å². The fraction of sp³-hybridized carbons (Fsp3) is 0.333. The number of benzene rings is 1. The third-order valence-electron chi connectivity index (χ3n) is 1.91. The lowest BCUT2D eigenvalue weighted by atomic mass is 10.0. The average Bonchev–Trinajstić information content (AvgIpc) is 2.15. The predicted molar refractivity (Wildman–Crippen MR) is 41.8 cm³/mol. The molecule has 0 radical (unpaired) electrons. The molecule has 0 saturated heterocycles. The molecule has 0 bridgehead atoms. The van der Waals surface area contributed by atoms with Gasteiger partial charge in [-0.25, -0.2) is 17.6 Å². The molecule has 1 atom stereocenters. The van der Waals surface area contributed by atoms with Crippen molar-refractivity contribution in [2.24, 2.45) is 0 Å². The second-order valence-electron chi connectivity index (χ2n) is 2.97. The van der Waals surface area contributed by atoms with Crippen molar-refractivity contribution in [1.82, 2.24) is 0 Å². The van der Waals surface area contributed by atoms with Crippen molar-refractivity contribution in [3.63, 3.8) is 0 Å². The van der Waals surface area contributed by atoms with Gasteiger partial charge in [-0.05, 0) is 0 Å². The van der Waals surface area contributed by atoms with Gasteiger partial charge in [0.25, 0.3) is 0 Å². The van der Waals surface area contributed by atoms with Crippen LogP contribution >= 0.6 is 0 Å². The van der Waals surface area contributed by atoms with Crippen LogP contribution in [0.2, 0.25) is 0 Å². The van der Waals surface area contributed by atoms with Gasteiger partial charge in [-0.3, -0.25) is 0 Å². The minimum atomic E-state index is -1.46. The van der Waals surface area contributed by atoms with Crippen LogP contribution in [0.4, 0.5) is 17.6 Å². The first-order valence-corrected chi connectivity index (χ1v) is 3.92. The predicted octanol–water partition coefficient (Wildman–Crippen LogP) is 2.34. The number of hydrogen-bond acceptors (Lipinski definition) is 1. The minimum absolute atomic E-state index is 0.137. The third-order valence-corrected chi connectivity index (χ3v) is 1.91. The molecule has 1 rings (SSSR count). The maximum atomic E-state index is 13.0. The van der Waals surface area contributed by atoms with Crippen LogP contribution in [0.15, 0.2) is 6.07 Å². The molecular formula is C9H8F4O. The van der Waals surface area contributed by atoms with Crippen LogP contribution in [0, 0.1) is 23.3 Å². The molecule has 0 aliphatic heterocycles. The molecule has 0 spiro atoms. The Morgan fingerprint density at radius 3 is 1.93 bits per heavy atom. The van der Waals surface area contributed by atoms with Crippen LogP contribution < -0.4 is 0 Å². The summed E-state index contributed by atoms with van der Waals surface area (Å²) in [4.78, 5) is 0. The van der Waals surface area contributed by atoms with E-state index >= 15 is 0 Å². The van der Waals surface area contributed by atoms with Crippen LogP contribution in [0.25, 0.3) is 0 Å². The number of halogens is 4. The van der Waals surface area contributed by atoms with Crippen molar-refractivity contribution in [2.45, 2.75) is 12.8 Å². The second kappa shape index (κ2) is 3.96. The average molecular weight is 208 g/mol. The van der Waals surface area contributed by atoms with Crippen molar-refractivity contribution >= 4 is 0 Å². The third kappa shape index (κ3) is 1.72. The first-order chi connectivity index (χ1) is 6.49. The SMILES string of the molecule is CC(CO)c1c(F)c(F)cc(F)c1F. The topological polar surface area (TPSA) is 20.2 Å². The second-order valence-corrected chi connectivity index (χ2v) is 2.97. The van der Waals surface area contributed by atoms with E-state index in [-0.39, 0.29) is 6.07 Å². The van der Waals surface area contributed by atoms with Crippen molar-refractivity contribution in [1.29, 1.82) is 0 Å². The summed E-state index contributed by atoms with van der Waals surface area (Å²) in [7, 11) is 0. The van der Waals surface area contributed by atoms with E-state index < -0.39 is 41.4 Å². The molecule has 1 nitrogen and oxygen atoms in total. The van der Waals surface area contributed by atoms with E-state index in [0.717, 1.165) is 0 Å². The standard InChI is InChI=1S/C9H8F4O/c1-4(3-14)7-8(12)5(10)2-6(11)9(7)13/h2,4,14H,3H2,1H3.